The minimum Gasteiger partial charge on any atom is -0.444 e. The van der Waals surface area contributed by atoms with Gasteiger partial charge in [-0.3, -0.25) is 0 Å². The molecule has 0 spiro atoms. The predicted molar refractivity (Wildman–Crippen MR) is 86.6 cm³/mol. The lowest BCUT2D eigenvalue weighted by Gasteiger charge is -2.36. The molecule has 0 aromatic heterocycles. The molecule has 0 saturated carbocycles. The van der Waals surface area contributed by atoms with Crippen LogP contribution < -0.4 is 5.32 Å². The molecule has 0 fully saturated rings. The van der Waals surface area contributed by atoms with Gasteiger partial charge in [0.05, 0.1) is 12.9 Å². The quantitative estimate of drug-likeness (QED) is 0.765. The number of ether oxygens (including phenoxy) is 1. The van der Waals surface area contributed by atoms with Crippen LogP contribution in [0.25, 0.3) is 0 Å². The minimum absolute atomic E-state index is 0.0625. The van der Waals surface area contributed by atoms with Crippen molar-refractivity contribution in [1.82, 2.24) is 5.32 Å². The molecule has 1 N–H and O–H groups in total. The number of hydrogen-bond donors (Lipinski definition) is 1. The standard InChI is InChI=1S/C15H30FNO3Si/c1-14(2,3)20-13(18)17-10-12(9-16)11-19-21(7,8)15(4,5)6/h9H,10-11H2,1-8H3,(H,17,18). The van der Waals surface area contributed by atoms with Gasteiger partial charge in [0, 0.05) is 12.1 Å². The molecule has 0 aliphatic rings. The molecule has 6 heteroatoms. The van der Waals surface area contributed by atoms with E-state index in [0.29, 0.717) is 11.9 Å². The van der Waals surface area contributed by atoms with Crippen molar-refractivity contribution in [2.45, 2.75) is 65.3 Å². The van der Waals surface area contributed by atoms with Gasteiger partial charge in [-0.2, -0.15) is 0 Å². The van der Waals surface area contributed by atoms with Crippen LogP contribution in [-0.2, 0) is 9.16 Å². The van der Waals surface area contributed by atoms with Gasteiger partial charge in [-0.1, -0.05) is 20.8 Å². The second-order valence-electron chi connectivity index (χ2n) is 7.67. The van der Waals surface area contributed by atoms with Crippen LogP contribution in [0, 0.1) is 0 Å². The van der Waals surface area contributed by atoms with Gasteiger partial charge in [-0.05, 0) is 38.9 Å². The van der Waals surface area contributed by atoms with E-state index in [4.69, 9.17) is 9.16 Å². The number of alkyl carbamates (subject to hydrolysis) is 1. The van der Waals surface area contributed by atoms with Gasteiger partial charge in [0.25, 0.3) is 0 Å². The number of rotatable bonds is 5. The first-order valence-corrected chi connectivity index (χ1v) is 10.1. The van der Waals surface area contributed by atoms with Gasteiger partial charge in [0.1, 0.15) is 5.60 Å². The van der Waals surface area contributed by atoms with E-state index in [1.54, 1.807) is 20.8 Å². The fraction of sp³-hybridized carbons (Fsp3) is 0.800. The van der Waals surface area contributed by atoms with Crippen molar-refractivity contribution in [1.29, 1.82) is 0 Å². The van der Waals surface area contributed by atoms with Crippen LogP contribution in [0.4, 0.5) is 9.18 Å². The van der Waals surface area contributed by atoms with Crippen molar-refractivity contribution in [3.63, 3.8) is 0 Å². The zero-order chi connectivity index (χ0) is 16.9. The van der Waals surface area contributed by atoms with E-state index < -0.39 is 20.0 Å². The average Bonchev–Trinajstić information content (AvgIpc) is 2.25. The van der Waals surface area contributed by atoms with Gasteiger partial charge in [0.2, 0.25) is 0 Å². The zero-order valence-electron chi connectivity index (χ0n) is 14.6. The van der Waals surface area contributed by atoms with Crippen molar-refractivity contribution in [3.05, 3.63) is 11.9 Å². The minimum atomic E-state index is -1.93. The van der Waals surface area contributed by atoms with E-state index in [1.165, 1.54) is 0 Å². The summed E-state index contributed by atoms with van der Waals surface area (Å²) >= 11 is 0. The van der Waals surface area contributed by atoms with Crippen molar-refractivity contribution in [2.75, 3.05) is 13.2 Å². The molecule has 0 aromatic carbocycles. The molecule has 4 nitrogen and oxygen atoms in total. The van der Waals surface area contributed by atoms with Crippen molar-refractivity contribution in [2.24, 2.45) is 0 Å². The van der Waals surface area contributed by atoms with Crippen LogP contribution in [-0.4, -0.2) is 33.2 Å². The van der Waals surface area contributed by atoms with Gasteiger partial charge in [-0.15, -0.1) is 0 Å². The molecule has 0 aliphatic carbocycles. The van der Waals surface area contributed by atoms with Gasteiger partial charge in [-0.25, -0.2) is 9.18 Å². The summed E-state index contributed by atoms with van der Waals surface area (Å²) in [5.74, 6) is 0. The topological polar surface area (TPSA) is 47.6 Å². The number of nitrogens with one attached hydrogen (secondary N) is 1. The van der Waals surface area contributed by atoms with E-state index >= 15 is 0 Å². The lowest BCUT2D eigenvalue weighted by Crippen LogP contribution is -2.42. The summed E-state index contributed by atoms with van der Waals surface area (Å²) in [6.07, 6.45) is -0.0704. The van der Waals surface area contributed by atoms with Crippen molar-refractivity contribution >= 4 is 14.4 Å². The maximum atomic E-state index is 12.9. The molecule has 124 valence electrons. The molecular formula is C15H30FNO3Si. The molecule has 0 aliphatic heterocycles. The Balaban J connectivity index is 4.36. The number of hydrogen-bond acceptors (Lipinski definition) is 3. The molecule has 0 saturated heterocycles. The Morgan fingerprint density at radius 1 is 1.19 bits per heavy atom. The van der Waals surface area contributed by atoms with Crippen LogP contribution >= 0.6 is 0 Å². The molecule has 0 rings (SSSR count). The summed E-state index contributed by atoms with van der Waals surface area (Å²) in [6, 6.07) is 0. The van der Waals surface area contributed by atoms with E-state index in [1.807, 2.05) is 0 Å². The normalized spacial score (nSPS) is 14.0. The second kappa shape index (κ2) is 7.40. The third kappa shape index (κ3) is 8.21. The third-order valence-electron chi connectivity index (χ3n) is 3.44. The maximum absolute atomic E-state index is 12.9. The maximum Gasteiger partial charge on any atom is 0.407 e. The molecule has 1 amide bonds. The molecule has 0 radical (unpaired) electrons. The molecule has 0 heterocycles. The Labute approximate surface area is 129 Å². The van der Waals surface area contributed by atoms with E-state index in [-0.39, 0.29) is 18.2 Å². The molecular weight excluding hydrogens is 289 g/mol. The Bertz CT molecular complexity index is 381. The summed E-state index contributed by atoms with van der Waals surface area (Å²) in [5, 5.41) is 2.59. The molecule has 0 bridgehead atoms. The SMILES string of the molecule is CC(C)(C)OC(=O)NCC(=CF)CO[Si](C)(C)C(C)(C)C. The third-order valence-corrected chi connectivity index (χ3v) is 7.92. The van der Waals surface area contributed by atoms with Gasteiger partial charge < -0.3 is 14.5 Å². The van der Waals surface area contributed by atoms with Crippen LogP contribution in [0.2, 0.25) is 18.1 Å². The second-order valence-corrected chi connectivity index (χ2v) is 12.5. The summed E-state index contributed by atoms with van der Waals surface area (Å²) < 4.78 is 23.9. The van der Waals surface area contributed by atoms with Crippen LogP contribution in [0.15, 0.2) is 11.9 Å². The first-order chi connectivity index (χ1) is 9.28. The molecule has 0 aromatic rings. The fourth-order valence-electron chi connectivity index (χ4n) is 1.11. The van der Waals surface area contributed by atoms with E-state index in [2.05, 4.69) is 39.2 Å². The molecule has 0 unspecified atom stereocenters. The Morgan fingerprint density at radius 2 is 1.71 bits per heavy atom. The number of amides is 1. The predicted octanol–water partition coefficient (Wildman–Crippen LogP) is 4.39. The molecule has 0 atom stereocenters. The number of halogens is 1. The smallest absolute Gasteiger partial charge is 0.407 e. The Kier molecular flexibility index (Phi) is 7.09. The van der Waals surface area contributed by atoms with Crippen molar-refractivity contribution < 1.29 is 18.3 Å². The first-order valence-electron chi connectivity index (χ1n) is 7.17. The zero-order valence-corrected chi connectivity index (χ0v) is 15.6. The highest BCUT2D eigenvalue weighted by Gasteiger charge is 2.37. The number of carbonyl (C=O) groups is 1. The summed E-state index contributed by atoms with van der Waals surface area (Å²) in [4.78, 5) is 11.5. The van der Waals surface area contributed by atoms with Gasteiger partial charge >= 0.3 is 6.09 Å². The highest BCUT2D eigenvalue weighted by Crippen LogP contribution is 2.36. The highest BCUT2D eigenvalue weighted by atomic mass is 28.4. The van der Waals surface area contributed by atoms with Crippen LogP contribution in [0.3, 0.4) is 0 Å². The summed E-state index contributed by atoms with van der Waals surface area (Å²) in [6.45, 7) is 16.2. The fourth-order valence-corrected chi connectivity index (χ4v) is 2.09. The lowest BCUT2D eigenvalue weighted by atomic mass is 10.2. The van der Waals surface area contributed by atoms with Crippen LogP contribution in [0.1, 0.15) is 41.5 Å². The van der Waals surface area contributed by atoms with Gasteiger partial charge in [0.15, 0.2) is 8.32 Å². The van der Waals surface area contributed by atoms with E-state index in [9.17, 15) is 9.18 Å². The van der Waals surface area contributed by atoms with E-state index in [0.717, 1.165) is 0 Å². The number of carbonyl (C=O) groups excluding carboxylic acids is 1. The Morgan fingerprint density at radius 3 is 2.10 bits per heavy atom. The first kappa shape index (κ1) is 20.1. The molecule has 21 heavy (non-hydrogen) atoms. The van der Waals surface area contributed by atoms with Crippen LogP contribution in [0.5, 0.6) is 0 Å². The summed E-state index contributed by atoms with van der Waals surface area (Å²) in [5.41, 5.74) is -0.174. The van der Waals surface area contributed by atoms with Crippen molar-refractivity contribution in [3.8, 4) is 0 Å². The monoisotopic (exact) mass is 319 g/mol. The average molecular weight is 319 g/mol. The largest absolute Gasteiger partial charge is 0.444 e. The summed E-state index contributed by atoms with van der Waals surface area (Å²) in [7, 11) is -1.93. The lowest BCUT2D eigenvalue weighted by molar-refractivity contribution is 0.0531. The Hall–Kier alpha value is -0.883. The highest BCUT2D eigenvalue weighted by molar-refractivity contribution is 6.74.